The number of carbonyl (C=O) groups excluding carboxylic acids is 1. The van der Waals surface area contributed by atoms with E-state index in [1.165, 1.54) is 46.8 Å². The summed E-state index contributed by atoms with van der Waals surface area (Å²) in [7, 11) is -7.76. The average molecular weight is 772 g/mol. The number of sulfonamides is 2. The Morgan fingerprint density at radius 2 is 1.19 bits per heavy atom. The lowest BCUT2D eigenvalue weighted by molar-refractivity contribution is 0.0989. The van der Waals surface area contributed by atoms with Gasteiger partial charge in [-0.2, -0.15) is 0 Å². The molecule has 5 aromatic rings. The summed E-state index contributed by atoms with van der Waals surface area (Å²) >= 11 is 5.97. The molecule has 0 aromatic heterocycles. The van der Waals surface area contributed by atoms with E-state index in [1.807, 2.05) is 0 Å². The number of nitrogens with two attached hydrogens (primary N) is 1. The Balaban J connectivity index is 0.000000192. The Labute approximate surface area is 302 Å². The van der Waals surface area contributed by atoms with E-state index in [9.17, 15) is 34.8 Å². The number of ether oxygens (including phenoxy) is 2. The molecule has 0 spiro atoms. The minimum Gasteiger partial charge on any atom is -0.489 e. The number of ketones is 1. The Hall–Kier alpha value is -5.25. The van der Waals surface area contributed by atoms with Crippen LogP contribution in [-0.4, -0.2) is 48.9 Å². The number of benzene rings is 5. The maximum Gasteiger partial charge on any atom is 0.264 e. The van der Waals surface area contributed by atoms with Gasteiger partial charge in [-0.1, -0.05) is 23.7 Å². The Bertz CT molecular complexity index is 2340. The molecule has 0 unspecified atom stereocenters. The molecule has 0 amide bonds. The summed E-state index contributed by atoms with van der Waals surface area (Å²) in [6, 6.07) is 22.7. The van der Waals surface area contributed by atoms with Gasteiger partial charge in [-0.25, -0.2) is 30.0 Å². The minimum absolute atomic E-state index is 0.00630. The van der Waals surface area contributed by atoms with Crippen LogP contribution in [0.2, 0.25) is 5.02 Å². The number of Topliss-reactive ketones (excluding diaryl/α,β-unsaturated/α-hetero) is 1. The van der Waals surface area contributed by atoms with Gasteiger partial charge in [0.2, 0.25) is 0 Å². The van der Waals surface area contributed by atoms with E-state index in [1.54, 1.807) is 30.3 Å². The number of nitrogen functional groups attached to an aromatic ring is 1. The summed E-state index contributed by atoms with van der Waals surface area (Å²) in [5, 5.41) is 0.00630. The first-order valence-corrected chi connectivity index (χ1v) is 18.8. The maximum absolute atomic E-state index is 14.1. The quantitative estimate of drug-likeness (QED) is 0.144. The van der Waals surface area contributed by atoms with E-state index in [0.29, 0.717) is 28.4 Å². The predicted molar refractivity (Wildman–Crippen MR) is 190 cm³/mol. The van der Waals surface area contributed by atoms with Crippen LogP contribution in [0, 0.1) is 17.5 Å². The monoisotopic (exact) mass is 771 g/mol. The molecule has 2 aliphatic rings. The third-order valence-corrected chi connectivity index (χ3v) is 12.0. The largest absolute Gasteiger partial charge is 0.489 e. The molecular formula is C36H29ClF3N3O7S2. The molecular weight excluding hydrogens is 743 g/mol. The molecule has 5 aromatic carbocycles. The highest BCUT2D eigenvalue weighted by molar-refractivity contribution is 7.93. The second-order valence-electron chi connectivity index (χ2n) is 11.5. The van der Waals surface area contributed by atoms with Crippen LogP contribution in [0.1, 0.15) is 15.9 Å². The number of nitrogens with zero attached hydrogens (tertiary/aromatic N) is 2. The summed E-state index contributed by atoms with van der Waals surface area (Å²) in [4.78, 5) is 12.6. The molecule has 0 bridgehead atoms. The second kappa shape index (κ2) is 14.8. The van der Waals surface area contributed by atoms with Gasteiger partial charge in [0.05, 0.1) is 44.8 Å². The van der Waals surface area contributed by atoms with Crippen molar-refractivity contribution in [3.63, 3.8) is 0 Å². The van der Waals surface area contributed by atoms with Crippen LogP contribution in [-0.2, 0) is 26.5 Å². The van der Waals surface area contributed by atoms with Crippen molar-refractivity contribution in [2.45, 2.75) is 16.2 Å². The normalized spacial score (nSPS) is 13.8. The predicted octanol–water partition coefficient (Wildman–Crippen LogP) is 6.63. The van der Waals surface area contributed by atoms with Crippen LogP contribution < -0.4 is 23.8 Å². The van der Waals surface area contributed by atoms with E-state index < -0.39 is 43.3 Å². The van der Waals surface area contributed by atoms with Crippen molar-refractivity contribution >= 4 is 54.5 Å². The fourth-order valence-electron chi connectivity index (χ4n) is 5.56. The lowest BCUT2D eigenvalue weighted by atomic mass is 10.0. The summed E-state index contributed by atoms with van der Waals surface area (Å²) in [5.74, 6) is -1.50. The van der Waals surface area contributed by atoms with Crippen LogP contribution in [0.4, 0.5) is 30.2 Å². The third-order valence-electron chi connectivity index (χ3n) is 8.06. The standard InChI is InChI=1S/C22H16ClF2NO4S.C14H13FN2O3S/c23-17-2-1-3-18(25)22(17)20(27)13-14-4-9-21-19(12-14)26(10-11-30-21)31(28,29)16-7-5-15(24)6-8-16;15-10-1-4-12(5-2-10)21(18,19)17-7-8-20-14-6-3-11(16)9-13(14)17/h1-9,12H,10-11,13H2;1-6,9H,7-8,16H2. The molecule has 0 fully saturated rings. The first-order chi connectivity index (χ1) is 24.8. The van der Waals surface area contributed by atoms with Gasteiger partial charge in [-0.15, -0.1) is 0 Å². The number of fused-ring (bicyclic) bond motifs is 2. The number of hydrogen-bond acceptors (Lipinski definition) is 8. The molecule has 2 aliphatic heterocycles. The molecule has 270 valence electrons. The van der Waals surface area contributed by atoms with Gasteiger partial charge in [-0.05, 0) is 96.6 Å². The van der Waals surface area contributed by atoms with Crippen molar-refractivity contribution in [2.75, 3.05) is 40.6 Å². The van der Waals surface area contributed by atoms with Gasteiger partial charge >= 0.3 is 0 Å². The van der Waals surface area contributed by atoms with Crippen molar-refractivity contribution < 1.29 is 44.3 Å². The molecule has 52 heavy (non-hydrogen) atoms. The third kappa shape index (κ3) is 7.52. The summed E-state index contributed by atoms with van der Waals surface area (Å²) in [6.45, 7) is 0.604. The smallest absolute Gasteiger partial charge is 0.264 e. The molecule has 0 atom stereocenters. The van der Waals surface area contributed by atoms with Gasteiger partial charge in [-0.3, -0.25) is 13.4 Å². The van der Waals surface area contributed by atoms with Crippen molar-refractivity contribution in [3.05, 3.63) is 137 Å². The number of anilines is 3. The zero-order valence-corrected chi connectivity index (χ0v) is 29.4. The molecule has 10 nitrogen and oxygen atoms in total. The average Bonchev–Trinajstić information content (AvgIpc) is 3.11. The lowest BCUT2D eigenvalue weighted by Crippen LogP contribution is -2.38. The lowest BCUT2D eigenvalue weighted by Gasteiger charge is -2.31. The Kier molecular flexibility index (Phi) is 10.4. The van der Waals surface area contributed by atoms with Gasteiger partial charge in [0.1, 0.15) is 42.2 Å². The van der Waals surface area contributed by atoms with E-state index in [4.69, 9.17) is 26.8 Å². The first kappa shape index (κ1) is 36.5. The fourth-order valence-corrected chi connectivity index (χ4v) is 8.73. The Morgan fingerprint density at radius 3 is 1.71 bits per heavy atom. The second-order valence-corrected chi connectivity index (χ2v) is 15.6. The van der Waals surface area contributed by atoms with E-state index in [-0.39, 0.29) is 58.8 Å². The number of hydrogen-bond donors (Lipinski definition) is 1. The topological polar surface area (TPSA) is 136 Å². The molecule has 0 saturated carbocycles. The molecule has 2 heterocycles. The first-order valence-electron chi connectivity index (χ1n) is 15.6. The highest BCUT2D eigenvalue weighted by Gasteiger charge is 2.32. The minimum atomic E-state index is -3.98. The molecule has 16 heteroatoms. The van der Waals surface area contributed by atoms with E-state index >= 15 is 0 Å². The van der Waals surface area contributed by atoms with Gasteiger partial charge in [0.25, 0.3) is 20.0 Å². The highest BCUT2D eigenvalue weighted by atomic mass is 35.5. The summed E-state index contributed by atoms with van der Waals surface area (Å²) in [6.07, 6.45) is -0.182. The maximum atomic E-state index is 14.1. The van der Waals surface area contributed by atoms with Crippen molar-refractivity contribution in [3.8, 4) is 11.5 Å². The summed E-state index contributed by atoms with van der Waals surface area (Å²) in [5.41, 5.74) is 7.06. The number of halogens is 4. The van der Waals surface area contributed by atoms with Crippen LogP contribution in [0.5, 0.6) is 11.5 Å². The SMILES string of the molecule is Nc1ccc2c(c1)N(S(=O)(=O)c1ccc(F)cc1)CCO2.O=C(Cc1ccc2c(c1)N(S(=O)(=O)c1ccc(F)cc1)CCO2)c1c(F)cccc1Cl. The van der Waals surface area contributed by atoms with E-state index in [2.05, 4.69) is 0 Å². The molecule has 0 aliphatic carbocycles. The van der Waals surface area contributed by atoms with Crippen molar-refractivity contribution in [1.29, 1.82) is 0 Å². The van der Waals surface area contributed by atoms with Crippen LogP contribution >= 0.6 is 11.6 Å². The Morgan fingerprint density at radius 1 is 0.692 bits per heavy atom. The summed E-state index contributed by atoms with van der Waals surface area (Å²) < 4.78 is 105. The van der Waals surface area contributed by atoms with Crippen LogP contribution in [0.3, 0.4) is 0 Å². The van der Waals surface area contributed by atoms with E-state index in [0.717, 1.165) is 34.6 Å². The zero-order valence-electron chi connectivity index (χ0n) is 27.0. The molecule has 7 rings (SSSR count). The van der Waals surface area contributed by atoms with Crippen molar-refractivity contribution in [1.82, 2.24) is 0 Å². The van der Waals surface area contributed by atoms with Crippen LogP contribution in [0.25, 0.3) is 0 Å². The highest BCUT2D eigenvalue weighted by Crippen LogP contribution is 2.38. The fraction of sp³-hybridized carbons (Fsp3) is 0.139. The van der Waals surface area contributed by atoms with Gasteiger partial charge < -0.3 is 15.2 Å². The molecule has 0 saturated heterocycles. The number of rotatable bonds is 7. The number of carbonyl (C=O) groups is 1. The van der Waals surface area contributed by atoms with Crippen molar-refractivity contribution in [2.24, 2.45) is 0 Å². The molecule has 2 N–H and O–H groups in total. The molecule has 0 radical (unpaired) electrons. The van der Waals surface area contributed by atoms with Crippen LogP contribution in [0.15, 0.2) is 113 Å². The van der Waals surface area contributed by atoms with Gasteiger partial charge in [0, 0.05) is 12.1 Å². The van der Waals surface area contributed by atoms with Gasteiger partial charge in [0.15, 0.2) is 5.78 Å². The zero-order chi connectivity index (χ0) is 37.2.